The number of likely N-dealkylation sites (tertiary alicyclic amines) is 1. The van der Waals surface area contributed by atoms with Crippen LogP contribution in [0.3, 0.4) is 0 Å². The van der Waals surface area contributed by atoms with E-state index in [4.69, 9.17) is 9.47 Å². The second-order valence-electron chi connectivity index (χ2n) is 8.48. The third-order valence-corrected chi connectivity index (χ3v) is 6.17. The molecule has 2 saturated heterocycles. The number of amides is 1. The summed E-state index contributed by atoms with van der Waals surface area (Å²) in [6.07, 6.45) is 1.65. The molecule has 0 bridgehead atoms. The van der Waals surface area contributed by atoms with Gasteiger partial charge in [0.25, 0.3) is 11.7 Å². The van der Waals surface area contributed by atoms with Crippen LogP contribution in [0.5, 0.6) is 5.75 Å². The summed E-state index contributed by atoms with van der Waals surface area (Å²) in [5.41, 5.74) is 2.33. The molecule has 2 aliphatic heterocycles. The lowest BCUT2D eigenvalue weighted by Gasteiger charge is -2.31. The summed E-state index contributed by atoms with van der Waals surface area (Å²) in [4.78, 5) is 30.1. The van der Waals surface area contributed by atoms with Gasteiger partial charge in [0.05, 0.1) is 24.8 Å². The van der Waals surface area contributed by atoms with E-state index >= 15 is 0 Å². The number of hydrogen-bond donors (Lipinski definition) is 1. The van der Waals surface area contributed by atoms with Crippen LogP contribution in [0.2, 0.25) is 0 Å². The highest BCUT2D eigenvalue weighted by Gasteiger charge is 2.46. The van der Waals surface area contributed by atoms with Crippen LogP contribution in [-0.2, 0) is 14.3 Å². The number of benzene rings is 2. The molecule has 2 fully saturated rings. The van der Waals surface area contributed by atoms with E-state index in [2.05, 4.69) is 11.5 Å². The molecular weight excluding hydrogens is 432 g/mol. The summed E-state index contributed by atoms with van der Waals surface area (Å²) in [5, 5.41) is 11.2. The lowest BCUT2D eigenvalue weighted by Crippen LogP contribution is -2.42. The Hall–Kier alpha value is -3.42. The van der Waals surface area contributed by atoms with Crippen molar-refractivity contribution in [3.8, 4) is 5.75 Å². The quantitative estimate of drug-likeness (QED) is 0.281. The predicted molar refractivity (Wildman–Crippen MR) is 130 cm³/mol. The fourth-order valence-electron chi connectivity index (χ4n) is 4.33. The number of morpholine rings is 1. The molecular formula is C27H30N2O5. The van der Waals surface area contributed by atoms with Crippen LogP contribution in [0.1, 0.15) is 22.7 Å². The van der Waals surface area contributed by atoms with Crippen molar-refractivity contribution >= 4 is 17.4 Å². The monoisotopic (exact) mass is 462 g/mol. The first-order valence-corrected chi connectivity index (χ1v) is 11.5. The maximum absolute atomic E-state index is 13.2. The van der Waals surface area contributed by atoms with Gasteiger partial charge in [-0.25, -0.2) is 0 Å². The minimum Gasteiger partial charge on any atom is -0.507 e. The van der Waals surface area contributed by atoms with E-state index in [-0.39, 0.29) is 11.3 Å². The van der Waals surface area contributed by atoms with E-state index < -0.39 is 17.7 Å². The smallest absolute Gasteiger partial charge is 0.295 e. The van der Waals surface area contributed by atoms with Gasteiger partial charge >= 0.3 is 0 Å². The molecule has 1 atom stereocenters. The lowest BCUT2D eigenvalue weighted by atomic mass is 9.95. The van der Waals surface area contributed by atoms with Crippen molar-refractivity contribution in [1.29, 1.82) is 0 Å². The summed E-state index contributed by atoms with van der Waals surface area (Å²) in [6, 6.07) is 13.8. The number of nitrogens with zero attached hydrogens (tertiary/aromatic N) is 2. The van der Waals surface area contributed by atoms with Crippen LogP contribution in [0.4, 0.5) is 0 Å². The van der Waals surface area contributed by atoms with Gasteiger partial charge < -0.3 is 19.5 Å². The molecule has 2 aliphatic rings. The van der Waals surface area contributed by atoms with Crippen LogP contribution in [0.25, 0.3) is 5.76 Å². The average molecular weight is 463 g/mol. The van der Waals surface area contributed by atoms with Crippen molar-refractivity contribution in [2.45, 2.75) is 13.0 Å². The Bertz CT molecular complexity index is 1090. The first kappa shape index (κ1) is 23.7. The van der Waals surface area contributed by atoms with Crippen LogP contribution >= 0.6 is 0 Å². The topological polar surface area (TPSA) is 79.3 Å². The van der Waals surface area contributed by atoms with Crippen LogP contribution in [0.15, 0.2) is 66.8 Å². The van der Waals surface area contributed by atoms with Crippen molar-refractivity contribution in [2.24, 2.45) is 0 Å². The van der Waals surface area contributed by atoms with E-state index in [9.17, 15) is 14.7 Å². The van der Waals surface area contributed by atoms with Crippen molar-refractivity contribution in [3.05, 3.63) is 83.4 Å². The Morgan fingerprint density at radius 1 is 1.15 bits per heavy atom. The first-order chi connectivity index (χ1) is 16.5. The maximum atomic E-state index is 13.2. The third-order valence-electron chi connectivity index (χ3n) is 6.17. The molecule has 7 heteroatoms. The van der Waals surface area contributed by atoms with Gasteiger partial charge in [-0.05, 0) is 24.6 Å². The van der Waals surface area contributed by atoms with Crippen LogP contribution in [0, 0.1) is 6.92 Å². The van der Waals surface area contributed by atoms with Crippen molar-refractivity contribution < 1.29 is 24.2 Å². The highest BCUT2D eigenvalue weighted by Crippen LogP contribution is 2.40. The SMILES string of the molecule is C=CCOc1cccc([C@H]2/C(=C(\O)c3ccc(C)cc3)C(=O)C(=O)N2CCN2CCOCC2)c1. The second kappa shape index (κ2) is 10.7. The maximum Gasteiger partial charge on any atom is 0.295 e. The molecule has 2 aromatic rings. The van der Waals surface area contributed by atoms with Gasteiger partial charge in [0.2, 0.25) is 0 Å². The number of aryl methyl sites for hydroxylation is 1. The summed E-state index contributed by atoms with van der Waals surface area (Å²) >= 11 is 0. The Balaban J connectivity index is 1.73. The largest absolute Gasteiger partial charge is 0.507 e. The Morgan fingerprint density at radius 3 is 2.59 bits per heavy atom. The van der Waals surface area contributed by atoms with Gasteiger partial charge in [0.15, 0.2) is 0 Å². The van der Waals surface area contributed by atoms with Crippen LogP contribution in [-0.4, -0.2) is 72.6 Å². The highest BCUT2D eigenvalue weighted by molar-refractivity contribution is 6.46. The van der Waals surface area contributed by atoms with Gasteiger partial charge in [-0.15, -0.1) is 0 Å². The van der Waals surface area contributed by atoms with Gasteiger partial charge in [-0.1, -0.05) is 54.6 Å². The lowest BCUT2D eigenvalue weighted by molar-refractivity contribution is -0.140. The summed E-state index contributed by atoms with van der Waals surface area (Å²) in [7, 11) is 0. The number of carbonyl (C=O) groups is 2. The third kappa shape index (κ3) is 5.05. The Morgan fingerprint density at radius 2 is 1.88 bits per heavy atom. The van der Waals surface area contributed by atoms with Gasteiger partial charge in [-0.3, -0.25) is 14.5 Å². The number of aliphatic hydroxyl groups is 1. The number of Topliss-reactive ketones (excluding diaryl/α,β-unsaturated/α-hetero) is 1. The fraction of sp³-hybridized carbons (Fsp3) is 0.333. The summed E-state index contributed by atoms with van der Waals surface area (Å²) in [6.45, 7) is 9.80. The molecule has 0 aliphatic carbocycles. The molecule has 34 heavy (non-hydrogen) atoms. The molecule has 1 N–H and O–H groups in total. The average Bonchev–Trinajstić information content (AvgIpc) is 3.12. The van der Waals surface area contributed by atoms with Crippen molar-refractivity contribution in [1.82, 2.24) is 9.80 Å². The molecule has 0 aromatic heterocycles. The van der Waals surface area contributed by atoms with Crippen molar-refractivity contribution in [2.75, 3.05) is 46.0 Å². The Kier molecular flexibility index (Phi) is 7.45. The van der Waals surface area contributed by atoms with E-state index in [0.29, 0.717) is 49.8 Å². The highest BCUT2D eigenvalue weighted by atomic mass is 16.5. The molecule has 0 spiro atoms. The zero-order valence-corrected chi connectivity index (χ0v) is 19.4. The van der Waals surface area contributed by atoms with Crippen molar-refractivity contribution in [3.63, 3.8) is 0 Å². The number of rotatable bonds is 8. The standard InChI is InChI=1S/C27H30N2O5/c1-3-15-34-22-6-4-5-21(18-22)24-23(25(30)20-9-7-19(2)8-10-20)26(31)27(32)29(24)12-11-28-13-16-33-17-14-28/h3-10,18,24,30H,1,11-17H2,2H3/b25-23+/t24-/m0/s1. The molecule has 178 valence electrons. The van der Waals surface area contributed by atoms with Gasteiger partial charge in [0.1, 0.15) is 18.1 Å². The molecule has 0 unspecified atom stereocenters. The zero-order chi connectivity index (χ0) is 24.1. The van der Waals surface area contributed by atoms with Gasteiger partial charge in [0, 0.05) is 31.7 Å². The second-order valence-corrected chi connectivity index (χ2v) is 8.48. The molecule has 1 amide bonds. The molecule has 0 saturated carbocycles. The molecule has 7 nitrogen and oxygen atoms in total. The minimum absolute atomic E-state index is 0.0942. The van der Waals surface area contributed by atoms with E-state index in [1.165, 1.54) is 0 Å². The first-order valence-electron chi connectivity index (χ1n) is 11.5. The van der Waals surface area contributed by atoms with E-state index in [1.807, 2.05) is 43.3 Å². The predicted octanol–water partition coefficient (Wildman–Crippen LogP) is 3.31. The molecule has 4 rings (SSSR count). The number of aliphatic hydroxyl groups excluding tert-OH is 1. The van der Waals surface area contributed by atoms with Gasteiger partial charge in [-0.2, -0.15) is 0 Å². The zero-order valence-electron chi connectivity index (χ0n) is 19.4. The fourth-order valence-corrected chi connectivity index (χ4v) is 4.33. The number of carbonyl (C=O) groups excluding carboxylic acids is 2. The van der Waals surface area contributed by atoms with Crippen LogP contribution < -0.4 is 4.74 Å². The number of hydrogen-bond acceptors (Lipinski definition) is 6. The minimum atomic E-state index is -0.713. The molecule has 0 radical (unpaired) electrons. The summed E-state index contributed by atoms with van der Waals surface area (Å²) < 4.78 is 11.1. The Labute approximate surface area is 199 Å². The van der Waals surface area contributed by atoms with E-state index in [1.54, 1.807) is 23.1 Å². The van der Waals surface area contributed by atoms with E-state index in [0.717, 1.165) is 18.7 Å². The summed E-state index contributed by atoms with van der Waals surface area (Å²) in [5.74, 6) is -0.854. The number of ether oxygens (including phenoxy) is 2. The number of ketones is 1. The molecule has 2 aromatic carbocycles. The molecule has 2 heterocycles. The normalized spacial score (nSPS) is 20.5.